The predicted molar refractivity (Wildman–Crippen MR) is 67.8 cm³/mol. The Morgan fingerprint density at radius 3 is 2.60 bits per heavy atom. The Kier molecular flexibility index (Phi) is 6.25. The Morgan fingerprint density at radius 1 is 1.30 bits per heavy atom. The SMILES string of the molecule is COCCOCC(=O)Nc1cc(Cl)cc(C(F)(F)F)c1. The summed E-state index contributed by atoms with van der Waals surface area (Å²) in [7, 11) is 1.48. The number of ether oxygens (including phenoxy) is 2. The van der Waals surface area contributed by atoms with Crippen molar-refractivity contribution in [1.82, 2.24) is 0 Å². The number of amides is 1. The second kappa shape index (κ2) is 7.47. The molecule has 0 aromatic heterocycles. The van der Waals surface area contributed by atoms with E-state index in [1.807, 2.05) is 0 Å². The molecule has 0 aliphatic rings. The molecule has 1 rings (SSSR count). The number of alkyl halides is 3. The Hall–Kier alpha value is -1.31. The van der Waals surface area contributed by atoms with Crippen LogP contribution in [0.5, 0.6) is 0 Å². The van der Waals surface area contributed by atoms with Gasteiger partial charge in [-0.1, -0.05) is 11.6 Å². The topological polar surface area (TPSA) is 47.6 Å². The van der Waals surface area contributed by atoms with E-state index in [0.29, 0.717) is 6.61 Å². The number of hydrogen-bond acceptors (Lipinski definition) is 3. The second-order valence-corrected chi connectivity index (χ2v) is 4.26. The van der Waals surface area contributed by atoms with Crippen molar-refractivity contribution in [3.05, 3.63) is 28.8 Å². The molecule has 1 aromatic rings. The van der Waals surface area contributed by atoms with Crippen LogP contribution in [0.25, 0.3) is 0 Å². The largest absolute Gasteiger partial charge is 0.416 e. The lowest BCUT2D eigenvalue weighted by Gasteiger charge is -2.11. The summed E-state index contributed by atoms with van der Waals surface area (Å²) in [6.45, 7) is 0.257. The molecule has 4 nitrogen and oxygen atoms in total. The average Bonchev–Trinajstić information content (AvgIpc) is 2.33. The molecule has 0 aliphatic carbocycles. The van der Waals surface area contributed by atoms with Crippen molar-refractivity contribution >= 4 is 23.2 Å². The zero-order chi connectivity index (χ0) is 15.2. The van der Waals surface area contributed by atoms with Crippen molar-refractivity contribution in [3.63, 3.8) is 0 Å². The van der Waals surface area contributed by atoms with E-state index < -0.39 is 17.6 Å². The fourth-order valence-corrected chi connectivity index (χ4v) is 1.56. The van der Waals surface area contributed by atoms with Gasteiger partial charge in [0.25, 0.3) is 0 Å². The van der Waals surface area contributed by atoms with Gasteiger partial charge in [0.05, 0.1) is 18.8 Å². The minimum absolute atomic E-state index is 0.0369. The molecule has 0 radical (unpaired) electrons. The molecule has 0 heterocycles. The number of rotatable bonds is 6. The molecule has 8 heteroatoms. The van der Waals surface area contributed by atoms with Crippen LogP contribution in [0.1, 0.15) is 5.56 Å². The monoisotopic (exact) mass is 311 g/mol. The van der Waals surface area contributed by atoms with Gasteiger partial charge in [-0.05, 0) is 18.2 Å². The number of benzene rings is 1. The normalized spacial score (nSPS) is 11.4. The molecule has 0 aliphatic heterocycles. The number of hydrogen-bond donors (Lipinski definition) is 1. The van der Waals surface area contributed by atoms with Gasteiger partial charge < -0.3 is 14.8 Å². The minimum Gasteiger partial charge on any atom is -0.382 e. The maximum Gasteiger partial charge on any atom is 0.416 e. The third-order valence-electron chi connectivity index (χ3n) is 2.17. The van der Waals surface area contributed by atoms with Gasteiger partial charge >= 0.3 is 6.18 Å². The summed E-state index contributed by atoms with van der Waals surface area (Å²) < 4.78 is 47.3. The van der Waals surface area contributed by atoms with Crippen molar-refractivity contribution in [2.75, 3.05) is 32.2 Å². The molecule has 0 fully saturated rings. The van der Waals surface area contributed by atoms with Gasteiger partial charge in [0.2, 0.25) is 5.91 Å². The third-order valence-corrected chi connectivity index (χ3v) is 2.39. The summed E-state index contributed by atoms with van der Waals surface area (Å²) in [4.78, 5) is 11.4. The zero-order valence-electron chi connectivity index (χ0n) is 10.6. The molecule has 1 aromatic carbocycles. The van der Waals surface area contributed by atoms with Crippen LogP contribution in [0, 0.1) is 0 Å². The summed E-state index contributed by atoms with van der Waals surface area (Å²) in [6, 6.07) is 2.81. The standard InChI is InChI=1S/C12H13ClF3NO3/c1-19-2-3-20-7-11(18)17-10-5-8(12(14,15)16)4-9(13)6-10/h4-6H,2-3,7H2,1H3,(H,17,18). The maximum atomic E-state index is 12.6. The Morgan fingerprint density at radius 2 is 2.00 bits per heavy atom. The molecular weight excluding hydrogens is 299 g/mol. The first-order chi connectivity index (χ1) is 9.32. The van der Waals surface area contributed by atoms with Crippen LogP contribution >= 0.6 is 11.6 Å². The van der Waals surface area contributed by atoms with Crippen LogP contribution in [0.3, 0.4) is 0 Å². The summed E-state index contributed by atoms with van der Waals surface area (Å²) >= 11 is 5.59. The molecular formula is C12H13ClF3NO3. The van der Waals surface area contributed by atoms with Crippen molar-refractivity contribution in [2.45, 2.75) is 6.18 Å². The molecule has 1 amide bonds. The lowest BCUT2D eigenvalue weighted by molar-refractivity contribution is -0.137. The highest BCUT2D eigenvalue weighted by atomic mass is 35.5. The highest BCUT2D eigenvalue weighted by molar-refractivity contribution is 6.31. The van der Waals surface area contributed by atoms with Crippen LogP contribution in [0.4, 0.5) is 18.9 Å². The number of carbonyl (C=O) groups excluding carboxylic acids is 1. The fraction of sp³-hybridized carbons (Fsp3) is 0.417. The van der Waals surface area contributed by atoms with E-state index in [1.54, 1.807) is 0 Å². The van der Waals surface area contributed by atoms with E-state index >= 15 is 0 Å². The highest BCUT2D eigenvalue weighted by Crippen LogP contribution is 2.33. The molecule has 1 N–H and O–H groups in total. The van der Waals surface area contributed by atoms with Crippen LogP contribution < -0.4 is 5.32 Å². The van der Waals surface area contributed by atoms with Crippen LogP contribution in [0.15, 0.2) is 18.2 Å². The third kappa shape index (κ3) is 5.77. The van der Waals surface area contributed by atoms with E-state index in [-0.39, 0.29) is 23.9 Å². The van der Waals surface area contributed by atoms with E-state index in [2.05, 4.69) is 5.32 Å². The number of anilines is 1. The maximum absolute atomic E-state index is 12.6. The van der Waals surface area contributed by atoms with Gasteiger partial charge in [-0.3, -0.25) is 4.79 Å². The van der Waals surface area contributed by atoms with Gasteiger partial charge in [0.15, 0.2) is 0 Å². The van der Waals surface area contributed by atoms with Crippen LogP contribution in [-0.4, -0.2) is 32.8 Å². The molecule has 20 heavy (non-hydrogen) atoms. The molecule has 0 atom stereocenters. The van der Waals surface area contributed by atoms with Crippen molar-refractivity contribution in [1.29, 1.82) is 0 Å². The van der Waals surface area contributed by atoms with Crippen LogP contribution in [-0.2, 0) is 20.4 Å². The Balaban J connectivity index is 2.63. The lowest BCUT2D eigenvalue weighted by Crippen LogP contribution is -2.20. The zero-order valence-corrected chi connectivity index (χ0v) is 11.3. The first kappa shape index (κ1) is 16.7. The minimum atomic E-state index is -4.53. The van der Waals surface area contributed by atoms with Gasteiger partial charge in [0.1, 0.15) is 6.61 Å². The van der Waals surface area contributed by atoms with Gasteiger partial charge in [0, 0.05) is 17.8 Å². The van der Waals surface area contributed by atoms with E-state index in [9.17, 15) is 18.0 Å². The van der Waals surface area contributed by atoms with Crippen molar-refractivity contribution < 1.29 is 27.4 Å². The number of methoxy groups -OCH3 is 1. The van der Waals surface area contributed by atoms with Crippen molar-refractivity contribution in [3.8, 4) is 0 Å². The second-order valence-electron chi connectivity index (χ2n) is 3.82. The summed E-state index contributed by atoms with van der Waals surface area (Å²) in [5, 5.41) is 2.17. The quantitative estimate of drug-likeness (QED) is 0.822. The van der Waals surface area contributed by atoms with Gasteiger partial charge in [-0.15, -0.1) is 0 Å². The Labute approximate surface area is 118 Å². The number of nitrogens with one attached hydrogen (secondary N) is 1. The summed E-state index contributed by atoms with van der Waals surface area (Å²) in [5.74, 6) is -0.573. The molecule has 0 saturated carbocycles. The first-order valence-electron chi connectivity index (χ1n) is 5.57. The van der Waals surface area contributed by atoms with Crippen molar-refractivity contribution in [2.24, 2.45) is 0 Å². The summed E-state index contributed by atoms with van der Waals surface area (Å²) in [5.41, 5.74) is -0.967. The van der Waals surface area contributed by atoms with Crippen LogP contribution in [0.2, 0.25) is 5.02 Å². The Bertz CT molecular complexity index is 466. The molecule has 0 spiro atoms. The molecule has 112 valence electrons. The predicted octanol–water partition coefficient (Wildman–Crippen LogP) is 2.96. The molecule has 0 bridgehead atoms. The average molecular weight is 312 g/mol. The van der Waals surface area contributed by atoms with Gasteiger partial charge in [-0.2, -0.15) is 13.2 Å². The number of halogens is 4. The van der Waals surface area contributed by atoms with E-state index in [4.69, 9.17) is 21.1 Å². The molecule has 0 saturated heterocycles. The van der Waals surface area contributed by atoms with E-state index in [1.165, 1.54) is 13.2 Å². The smallest absolute Gasteiger partial charge is 0.382 e. The first-order valence-corrected chi connectivity index (χ1v) is 5.95. The lowest BCUT2D eigenvalue weighted by atomic mass is 10.2. The van der Waals surface area contributed by atoms with Gasteiger partial charge in [-0.25, -0.2) is 0 Å². The molecule has 0 unspecified atom stereocenters. The summed E-state index contributed by atoms with van der Waals surface area (Å²) in [6.07, 6.45) is -4.53. The van der Waals surface area contributed by atoms with E-state index in [0.717, 1.165) is 12.1 Å². The highest BCUT2D eigenvalue weighted by Gasteiger charge is 2.31. The fourth-order valence-electron chi connectivity index (χ4n) is 1.33. The number of carbonyl (C=O) groups is 1.